The van der Waals surface area contributed by atoms with E-state index in [2.05, 4.69) is 26.1 Å². The van der Waals surface area contributed by atoms with Crippen LogP contribution in [0.5, 0.6) is 0 Å². The molecule has 0 bridgehead atoms. The molecule has 3 aromatic rings. The second kappa shape index (κ2) is 7.15. The number of nitrogens with one attached hydrogen (secondary N) is 1. The summed E-state index contributed by atoms with van der Waals surface area (Å²) in [6.45, 7) is 1.61. The lowest BCUT2D eigenvalue weighted by molar-refractivity contribution is 0.0739. The quantitative estimate of drug-likeness (QED) is 0.671. The second-order valence-electron chi connectivity index (χ2n) is 5.97. The first-order chi connectivity index (χ1) is 12.7. The van der Waals surface area contributed by atoms with Gasteiger partial charge in [0.15, 0.2) is 11.6 Å². The van der Waals surface area contributed by atoms with Gasteiger partial charge in [0.1, 0.15) is 5.82 Å². The molecule has 27 heavy (non-hydrogen) atoms. The highest BCUT2D eigenvalue weighted by Gasteiger charge is 2.24. The Kier molecular flexibility index (Phi) is 5.05. The number of carbonyl (C=O) groups excluding carboxylic acids is 1. The summed E-state index contributed by atoms with van der Waals surface area (Å²) in [5.41, 5.74) is -0.392. The third kappa shape index (κ3) is 3.46. The zero-order valence-electron chi connectivity index (χ0n) is 14.2. The number of hydrogen-bond acceptors (Lipinski definition) is 3. The molecule has 9 heteroatoms. The molecule has 0 saturated carbocycles. The van der Waals surface area contributed by atoms with Gasteiger partial charge in [-0.1, -0.05) is 0 Å². The van der Waals surface area contributed by atoms with E-state index >= 15 is 0 Å². The maximum Gasteiger partial charge on any atom is 0.272 e. The van der Waals surface area contributed by atoms with Crippen molar-refractivity contribution < 1.29 is 18.0 Å². The van der Waals surface area contributed by atoms with Crippen LogP contribution in [0.4, 0.5) is 13.2 Å². The first-order valence-corrected chi connectivity index (χ1v) is 8.59. The van der Waals surface area contributed by atoms with Gasteiger partial charge in [0, 0.05) is 18.0 Å². The molecular weight excluding hydrogens is 427 g/mol. The minimum atomic E-state index is -1.16. The summed E-state index contributed by atoms with van der Waals surface area (Å²) < 4.78 is 41.1. The largest absolute Gasteiger partial charge is 0.333 e. The Morgan fingerprint density at radius 2 is 1.74 bits per heavy atom. The average molecular weight is 440 g/mol. The number of hydrogen-bond donors (Lipinski definition) is 1. The molecular formula is C18H13BrF3N3O2. The van der Waals surface area contributed by atoms with Gasteiger partial charge in [-0.05, 0) is 53.2 Å². The highest BCUT2D eigenvalue weighted by atomic mass is 79.9. The molecule has 0 radical (unpaired) electrons. The van der Waals surface area contributed by atoms with Gasteiger partial charge >= 0.3 is 0 Å². The number of H-pyrrole nitrogens is 1. The maximum atomic E-state index is 13.7. The van der Waals surface area contributed by atoms with E-state index in [9.17, 15) is 22.8 Å². The summed E-state index contributed by atoms with van der Waals surface area (Å²) in [6.07, 6.45) is 0. The van der Waals surface area contributed by atoms with Crippen molar-refractivity contribution in [2.75, 3.05) is 7.05 Å². The van der Waals surface area contributed by atoms with Crippen molar-refractivity contribution in [3.8, 4) is 0 Å². The third-order valence-corrected chi connectivity index (χ3v) is 4.97. The molecule has 1 amide bonds. The maximum absolute atomic E-state index is 13.7. The van der Waals surface area contributed by atoms with Crippen LogP contribution < -0.4 is 5.56 Å². The minimum absolute atomic E-state index is 0.0821. The van der Waals surface area contributed by atoms with Crippen molar-refractivity contribution in [2.45, 2.75) is 13.0 Å². The number of aromatic nitrogens is 2. The van der Waals surface area contributed by atoms with Crippen LogP contribution in [-0.4, -0.2) is 28.1 Å². The normalized spacial score (nSPS) is 12.2. The van der Waals surface area contributed by atoms with E-state index in [1.165, 1.54) is 24.1 Å². The first kappa shape index (κ1) is 19.1. The van der Waals surface area contributed by atoms with E-state index in [0.29, 0.717) is 0 Å². The molecule has 0 saturated heterocycles. The zero-order valence-corrected chi connectivity index (χ0v) is 15.8. The Balaban J connectivity index is 2.04. The number of halogens is 4. The van der Waals surface area contributed by atoms with E-state index < -0.39 is 35.0 Å². The van der Waals surface area contributed by atoms with Gasteiger partial charge in [-0.3, -0.25) is 9.59 Å². The summed E-state index contributed by atoms with van der Waals surface area (Å²) in [5.74, 6) is -3.38. The molecule has 1 N–H and O–H groups in total. The molecule has 0 aliphatic heterocycles. The number of amides is 1. The Bertz CT molecular complexity index is 1120. The SMILES string of the molecule is CC(c1n[nH]c(=O)c2cc(F)c(F)cc12)N(C)C(=O)c1ccc(Br)c(F)c1. The Morgan fingerprint density at radius 3 is 2.37 bits per heavy atom. The number of nitrogens with zero attached hydrogens (tertiary/aromatic N) is 2. The van der Waals surface area contributed by atoms with Gasteiger partial charge in [-0.2, -0.15) is 5.10 Å². The van der Waals surface area contributed by atoms with Crippen LogP contribution in [0.3, 0.4) is 0 Å². The van der Waals surface area contributed by atoms with Gasteiger partial charge in [0.2, 0.25) is 0 Å². The van der Waals surface area contributed by atoms with Gasteiger partial charge in [-0.15, -0.1) is 0 Å². The molecule has 0 aliphatic carbocycles. The van der Waals surface area contributed by atoms with Crippen LogP contribution in [0.15, 0.2) is 39.6 Å². The van der Waals surface area contributed by atoms with Crippen molar-refractivity contribution in [1.29, 1.82) is 0 Å². The summed E-state index contributed by atoms with van der Waals surface area (Å²) in [5, 5.41) is 6.13. The van der Waals surface area contributed by atoms with Gasteiger partial charge in [-0.25, -0.2) is 18.3 Å². The second-order valence-corrected chi connectivity index (χ2v) is 6.83. The number of benzene rings is 2. The number of carbonyl (C=O) groups is 1. The summed E-state index contributed by atoms with van der Waals surface area (Å²) in [4.78, 5) is 25.8. The van der Waals surface area contributed by atoms with Crippen LogP contribution in [0.2, 0.25) is 0 Å². The van der Waals surface area contributed by atoms with Crippen LogP contribution in [0.25, 0.3) is 10.8 Å². The molecule has 1 aromatic heterocycles. The minimum Gasteiger partial charge on any atom is -0.333 e. The molecule has 140 valence electrons. The smallest absolute Gasteiger partial charge is 0.272 e. The van der Waals surface area contributed by atoms with E-state index in [0.717, 1.165) is 18.2 Å². The topological polar surface area (TPSA) is 66.1 Å². The van der Waals surface area contributed by atoms with Crippen molar-refractivity contribution in [3.05, 3.63) is 73.9 Å². The van der Waals surface area contributed by atoms with E-state index in [1.54, 1.807) is 6.92 Å². The molecule has 0 aliphatic rings. The first-order valence-electron chi connectivity index (χ1n) is 7.80. The van der Waals surface area contributed by atoms with Crippen molar-refractivity contribution >= 4 is 32.6 Å². The summed E-state index contributed by atoms with van der Waals surface area (Å²) >= 11 is 3.02. The van der Waals surface area contributed by atoms with Crippen LogP contribution >= 0.6 is 15.9 Å². The Morgan fingerprint density at radius 1 is 1.11 bits per heavy atom. The highest BCUT2D eigenvalue weighted by molar-refractivity contribution is 9.10. The lowest BCUT2D eigenvalue weighted by atomic mass is 10.0. The molecule has 5 nitrogen and oxygen atoms in total. The summed E-state index contributed by atoms with van der Waals surface area (Å²) in [7, 11) is 1.46. The Hall–Kier alpha value is -2.68. The predicted molar refractivity (Wildman–Crippen MR) is 96.9 cm³/mol. The third-order valence-electron chi connectivity index (χ3n) is 4.32. The molecule has 1 atom stereocenters. The molecule has 1 unspecified atom stereocenters. The standard InChI is InChI=1S/C18H13BrF3N3O2/c1-8(25(2)18(27)9-3-4-12(19)13(20)5-9)16-10-6-14(21)15(22)7-11(10)17(26)24-23-16/h3-8H,1-2H3,(H,24,26). The molecule has 3 rings (SSSR count). The fraction of sp³-hybridized carbons (Fsp3) is 0.167. The van der Waals surface area contributed by atoms with Crippen molar-refractivity contribution in [1.82, 2.24) is 15.1 Å². The van der Waals surface area contributed by atoms with Gasteiger partial charge in [0.05, 0.1) is 21.6 Å². The molecule has 0 fully saturated rings. The lowest BCUT2D eigenvalue weighted by Crippen LogP contribution is -2.31. The zero-order chi connectivity index (χ0) is 19.9. The van der Waals surface area contributed by atoms with Crippen LogP contribution in [0, 0.1) is 17.5 Å². The van der Waals surface area contributed by atoms with Crippen molar-refractivity contribution in [2.24, 2.45) is 0 Å². The fourth-order valence-corrected chi connectivity index (χ4v) is 2.94. The monoisotopic (exact) mass is 439 g/mol. The number of aromatic amines is 1. The fourth-order valence-electron chi connectivity index (χ4n) is 2.69. The Labute approximate surface area is 159 Å². The molecule has 1 heterocycles. The highest BCUT2D eigenvalue weighted by Crippen LogP contribution is 2.27. The van der Waals surface area contributed by atoms with Gasteiger partial charge in [0.25, 0.3) is 11.5 Å². The predicted octanol–water partition coefficient (Wildman–Crippen LogP) is 3.94. The van der Waals surface area contributed by atoms with Crippen LogP contribution in [0.1, 0.15) is 29.0 Å². The van der Waals surface area contributed by atoms with Gasteiger partial charge < -0.3 is 4.90 Å². The van der Waals surface area contributed by atoms with E-state index in [-0.39, 0.29) is 26.5 Å². The van der Waals surface area contributed by atoms with E-state index in [4.69, 9.17) is 0 Å². The number of fused-ring (bicyclic) bond motifs is 1. The molecule has 0 spiro atoms. The number of rotatable bonds is 3. The summed E-state index contributed by atoms with van der Waals surface area (Å²) in [6, 6.07) is 4.89. The van der Waals surface area contributed by atoms with E-state index in [1.807, 2.05) is 0 Å². The lowest BCUT2D eigenvalue weighted by Gasteiger charge is -2.25. The van der Waals surface area contributed by atoms with Crippen molar-refractivity contribution in [3.63, 3.8) is 0 Å². The van der Waals surface area contributed by atoms with Crippen LogP contribution in [-0.2, 0) is 0 Å². The molecule has 2 aromatic carbocycles. The average Bonchev–Trinajstić information content (AvgIpc) is 2.64.